The van der Waals surface area contributed by atoms with Crippen LogP contribution in [0.5, 0.6) is 11.5 Å². The maximum absolute atomic E-state index is 12.1. The van der Waals surface area contributed by atoms with Gasteiger partial charge in [-0.1, -0.05) is 36.5 Å². The van der Waals surface area contributed by atoms with Gasteiger partial charge in [0.05, 0.1) is 6.10 Å². The van der Waals surface area contributed by atoms with Crippen molar-refractivity contribution in [2.24, 2.45) is 29.6 Å². The molecule has 0 radical (unpaired) electrons. The van der Waals surface area contributed by atoms with E-state index in [0.717, 1.165) is 36.6 Å². The van der Waals surface area contributed by atoms with Gasteiger partial charge in [0.15, 0.2) is 0 Å². The van der Waals surface area contributed by atoms with Gasteiger partial charge in [-0.05, 0) is 194 Å². The number of fused-ring (bicyclic) bond motifs is 1. The van der Waals surface area contributed by atoms with E-state index in [-0.39, 0.29) is 23.7 Å². The summed E-state index contributed by atoms with van der Waals surface area (Å²) in [6, 6.07) is 11.7. The van der Waals surface area contributed by atoms with Gasteiger partial charge >= 0.3 is 0 Å². The second-order valence-electron chi connectivity index (χ2n) is 20.6. The van der Waals surface area contributed by atoms with Gasteiger partial charge in [-0.15, -0.1) is 0 Å². The average Bonchev–Trinajstić information content (AvgIpc) is 3.23. The summed E-state index contributed by atoms with van der Waals surface area (Å²) in [5, 5.41) is 47.0. The SMILES string of the molecule is Oc1cc2cc3cc4c5c6c3c3c2c2c1CC(O)C1C=C7C=CC8Cc9cc%10c(O)cc%11c%12c%10c%10c9C9=C8C7=C(C21)C3C9C6C%10C1C%12=C(CC%11)C2=C(C=51)C(C=4)CC=C2. The molecule has 58 heavy (non-hydrogen) atoms. The van der Waals surface area contributed by atoms with Gasteiger partial charge < -0.3 is 15.3 Å². The smallest absolute Gasteiger partial charge is 0.123 e. The maximum Gasteiger partial charge on any atom is 0.123 e. The topological polar surface area (TPSA) is 60.7 Å². The Kier molecular flexibility index (Phi) is 3.86. The summed E-state index contributed by atoms with van der Waals surface area (Å²) in [5.41, 5.74) is 28.5. The molecule has 0 aromatic heterocycles. The molecular formula is C55H34O3. The van der Waals surface area contributed by atoms with Crippen LogP contribution in [0.2, 0.25) is 0 Å². The first kappa shape index (κ1) is 27.9. The molecule has 10 atom stereocenters. The van der Waals surface area contributed by atoms with Crippen molar-refractivity contribution in [3.8, 4) is 11.5 Å². The number of aromatic hydroxyl groups is 2. The van der Waals surface area contributed by atoms with E-state index in [1.54, 1.807) is 60.9 Å². The minimum atomic E-state index is -0.534. The highest BCUT2D eigenvalue weighted by molar-refractivity contribution is 6.16. The van der Waals surface area contributed by atoms with E-state index in [1.165, 1.54) is 76.7 Å². The Bertz CT molecular complexity index is 3680. The molecule has 19 rings (SSSR count). The van der Waals surface area contributed by atoms with Gasteiger partial charge in [0, 0.05) is 70.6 Å². The number of hydrogen-bond acceptors (Lipinski definition) is 3. The third kappa shape index (κ3) is 2.39. The largest absolute Gasteiger partial charge is 0.508 e. The molecule has 0 bridgehead atoms. The van der Waals surface area contributed by atoms with Crippen LogP contribution in [0.3, 0.4) is 0 Å². The van der Waals surface area contributed by atoms with Crippen LogP contribution in [0, 0.1) is 29.6 Å². The molecule has 0 saturated heterocycles. The van der Waals surface area contributed by atoms with Gasteiger partial charge in [0.25, 0.3) is 0 Å². The molecule has 0 amide bonds. The molecule has 0 saturated carbocycles. The molecule has 0 aliphatic heterocycles. The molecule has 0 spiro atoms. The van der Waals surface area contributed by atoms with E-state index < -0.39 is 6.10 Å². The Balaban J connectivity index is 1.15. The quantitative estimate of drug-likeness (QED) is 0.139. The molecule has 14 aliphatic rings. The molecule has 272 valence electrons. The zero-order valence-electron chi connectivity index (χ0n) is 31.5. The maximum atomic E-state index is 12.1. The van der Waals surface area contributed by atoms with Crippen molar-refractivity contribution in [1.82, 2.24) is 0 Å². The highest BCUT2D eigenvalue weighted by Crippen LogP contribution is 2.78. The minimum absolute atomic E-state index is 0.00294. The molecule has 10 unspecified atom stereocenters. The predicted molar refractivity (Wildman–Crippen MR) is 225 cm³/mol. The number of phenols is 2. The third-order valence-corrected chi connectivity index (χ3v) is 19.0. The molecule has 5 aromatic carbocycles. The number of aryl methyl sites for hydroxylation is 1. The summed E-state index contributed by atoms with van der Waals surface area (Å²) >= 11 is 0. The molecule has 14 aliphatic carbocycles. The van der Waals surface area contributed by atoms with Gasteiger partial charge in [-0.25, -0.2) is 0 Å². The number of aliphatic hydroxyl groups excluding tert-OH is 1. The van der Waals surface area contributed by atoms with Crippen molar-refractivity contribution in [1.29, 1.82) is 0 Å². The van der Waals surface area contributed by atoms with Crippen LogP contribution in [0.15, 0.2) is 99.7 Å². The Hall–Kier alpha value is -5.64. The summed E-state index contributed by atoms with van der Waals surface area (Å²) in [7, 11) is 0. The van der Waals surface area contributed by atoms with Crippen molar-refractivity contribution in [2.45, 2.75) is 61.9 Å². The lowest BCUT2D eigenvalue weighted by Crippen LogP contribution is -2.55. The number of hydrogen-bond donors (Lipinski definition) is 3. The normalized spacial score (nSPS) is 35.3. The molecule has 3 heteroatoms. The molecule has 0 heterocycles. The Morgan fingerprint density at radius 2 is 1.53 bits per heavy atom. The molecule has 5 aromatic rings. The molecule has 3 nitrogen and oxygen atoms in total. The lowest BCUT2D eigenvalue weighted by Gasteiger charge is -2.63. The zero-order chi connectivity index (χ0) is 36.8. The monoisotopic (exact) mass is 742 g/mol. The lowest BCUT2D eigenvalue weighted by atomic mass is 9.39. The lowest BCUT2D eigenvalue weighted by molar-refractivity contribution is 0.108. The summed E-state index contributed by atoms with van der Waals surface area (Å²) in [6.07, 6.45) is 19.0. The Morgan fingerprint density at radius 3 is 2.48 bits per heavy atom. The van der Waals surface area contributed by atoms with Crippen LogP contribution in [0.25, 0.3) is 55.1 Å². The van der Waals surface area contributed by atoms with E-state index in [9.17, 15) is 15.3 Å². The fraction of sp³-hybridized carbons (Fsp3) is 0.273. The van der Waals surface area contributed by atoms with E-state index in [1.807, 2.05) is 0 Å². The summed E-state index contributed by atoms with van der Waals surface area (Å²) < 4.78 is 0. The highest BCUT2D eigenvalue weighted by atomic mass is 16.3. The second kappa shape index (κ2) is 8.03. The molecule has 3 N–H and O–H groups in total. The third-order valence-electron chi connectivity index (χ3n) is 19.0. The van der Waals surface area contributed by atoms with Crippen LogP contribution in [-0.4, -0.2) is 21.4 Å². The Morgan fingerprint density at radius 1 is 0.621 bits per heavy atom. The fourth-order valence-electron chi connectivity index (χ4n) is 17.8. The summed E-state index contributed by atoms with van der Waals surface area (Å²) in [6.45, 7) is 0. The minimum Gasteiger partial charge on any atom is -0.508 e. The highest BCUT2D eigenvalue weighted by Gasteiger charge is 2.65. The number of aliphatic hydroxyl groups is 1. The van der Waals surface area contributed by atoms with Gasteiger partial charge in [-0.2, -0.15) is 0 Å². The van der Waals surface area contributed by atoms with Crippen LogP contribution < -0.4 is 10.4 Å². The number of rotatable bonds is 0. The van der Waals surface area contributed by atoms with Crippen molar-refractivity contribution >= 4 is 55.1 Å². The van der Waals surface area contributed by atoms with Gasteiger partial charge in [-0.3, -0.25) is 0 Å². The second-order valence-corrected chi connectivity index (χ2v) is 20.6. The van der Waals surface area contributed by atoms with Crippen LogP contribution in [-0.2, 0) is 19.3 Å². The van der Waals surface area contributed by atoms with Crippen molar-refractivity contribution in [2.75, 3.05) is 0 Å². The molecule has 0 fully saturated rings. The zero-order valence-corrected chi connectivity index (χ0v) is 31.5. The average molecular weight is 743 g/mol. The van der Waals surface area contributed by atoms with Crippen LogP contribution >= 0.6 is 0 Å². The van der Waals surface area contributed by atoms with E-state index in [4.69, 9.17) is 0 Å². The first-order chi connectivity index (χ1) is 28.5. The number of phenolic OH excluding ortho intramolecular Hbond substituents is 2. The van der Waals surface area contributed by atoms with E-state index in [2.05, 4.69) is 66.8 Å². The summed E-state index contributed by atoms with van der Waals surface area (Å²) in [5.74, 6) is 3.03. The first-order valence-corrected chi connectivity index (χ1v) is 22.1. The van der Waals surface area contributed by atoms with Crippen molar-refractivity contribution in [3.05, 3.63) is 160 Å². The van der Waals surface area contributed by atoms with E-state index >= 15 is 0 Å². The standard InChI is InChI=1S/C55H34O3/c56-30-14-20-6-7-26-25-3-1-2-17-8-21-10-22-11-24-15-31(57)29-16-32(58)27-12-19-5-4-18-9-23-13-28(30)43-36(20)41(26)51-45(33(17)25)38(21)48-39(22)47-37(24)42(29)44(27)49-35(19)34(18)46-40(23)50(43)55(51)54(48)53(46)52(47)49/h1,3-5,8,10-15,17-18,27,32,44,51-58H,2,6-7,9,16H2. The number of allylic oxidation sites excluding steroid dienone is 13. The van der Waals surface area contributed by atoms with Crippen molar-refractivity contribution < 1.29 is 15.3 Å². The van der Waals surface area contributed by atoms with E-state index in [0.29, 0.717) is 47.5 Å². The van der Waals surface area contributed by atoms with Crippen LogP contribution in [0.1, 0.15) is 86.6 Å². The van der Waals surface area contributed by atoms with Gasteiger partial charge in [0.2, 0.25) is 0 Å². The Labute approximate surface area is 332 Å². The fourth-order valence-corrected chi connectivity index (χ4v) is 17.8. The summed E-state index contributed by atoms with van der Waals surface area (Å²) in [4.78, 5) is 0. The number of benzene rings is 5. The first-order valence-electron chi connectivity index (χ1n) is 22.1. The predicted octanol–water partition coefficient (Wildman–Crippen LogP) is 8.70. The van der Waals surface area contributed by atoms with Crippen molar-refractivity contribution in [3.63, 3.8) is 0 Å². The molecular weight excluding hydrogens is 709 g/mol. The van der Waals surface area contributed by atoms with Gasteiger partial charge in [0.1, 0.15) is 11.5 Å². The van der Waals surface area contributed by atoms with Crippen LogP contribution in [0.4, 0.5) is 0 Å².